The summed E-state index contributed by atoms with van der Waals surface area (Å²) in [7, 11) is 0. The highest BCUT2D eigenvalue weighted by Gasteiger charge is 2.14. The van der Waals surface area contributed by atoms with Crippen LogP contribution in [0.3, 0.4) is 0 Å². The van der Waals surface area contributed by atoms with Crippen molar-refractivity contribution in [1.29, 1.82) is 0 Å². The minimum atomic E-state index is -0.490. The topological polar surface area (TPSA) is 90.4 Å². The Morgan fingerprint density at radius 1 is 1.30 bits per heavy atom. The number of ether oxygens (including phenoxy) is 1. The number of hydrogen-bond acceptors (Lipinski definition) is 4. The van der Waals surface area contributed by atoms with E-state index in [0.29, 0.717) is 17.9 Å². The Morgan fingerprint density at radius 2 is 1.90 bits per heavy atom. The van der Waals surface area contributed by atoms with Gasteiger partial charge in [0.05, 0.1) is 11.4 Å². The Labute approximate surface area is 120 Å². The van der Waals surface area contributed by atoms with Crippen LogP contribution in [0.15, 0.2) is 18.2 Å². The maximum absolute atomic E-state index is 11.4. The largest absolute Gasteiger partial charge is 0.444 e. The molecule has 0 atom stereocenters. The predicted molar refractivity (Wildman–Crippen MR) is 83.3 cm³/mol. The molecule has 1 amide bonds. The van der Waals surface area contributed by atoms with E-state index in [-0.39, 0.29) is 0 Å². The maximum atomic E-state index is 11.4. The van der Waals surface area contributed by atoms with Gasteiger partial charge in [-0.3, -0.25) is 0 Å². The standard InChI is InChI=1S/C15H23N3O2/c1-10-8-12(16)13(17)9-11(10)6-5-7-18-14(19)20-15(2,3)4/h5-6,8-9H,7,16-17H2,1-4H3,(H,18,19). The third-order valence-electron chi connectivity index (χ3n) is 2.53. The second kappa shape index (κ2) is 6.32. The molecule has 20 heavy (non-hydrogen) atoms. The molecule has 1 rings (SSSR count). The number of nitrogens with two attached hydrogens (primary N) is 2. The summed E-state index contributed by atoms with van der Waals surface area (Å²) in [6.07, 6.45) is 3.29. The number of carbonyl (C=O) groups excluding carboxylic acids is 1. The van der Waals surface area contributed by atoms with Crippen molar-refractivity contribution >= 4 is 23.5 Å². The third kappa shape index (κ3) is 5.22. The van der Waals surface area contributed by atoms with Crippen molar-refractivity contribution in [2.24, 2.45) is 0 Å². The molecule has 1 aromatic carbocycles. The maximum Gasteiger partial charge on any atom is 0.407 e. The molecule has 1 aromatic rings. The van der Waals surface area contributed by atoms with E-state index in [1.165, 1.54) is 0 Å². The van der Waals surface area contributed by atoms with E-state index in [1.807, 2.05) is 52.0 Å². The van der Waals surface area contributed by atoms with Gasteiger partial charge in [-0.05, 0) is 51.0 Å². The first-order valence-electron chi connectivity index (χ1n) is 6.48. The van der Waals surface area contributed by atoms with Gasteiger partial charge in [0, 0.05) is 6.54 Å². The van der Waals surface area contributed by atoms with Crippen molar-refractivity contribution in [3.63, 3.8) is 0 Å². The number of anilines is 2. The SMILES string of the molecule is Cc1cc(N)c(N)cc1C=CCNC(=O)OC(C)(C)C. The smallest absolute Gasteiger partial charge is 0.407 e. The molecule has 0 radical (unpaired) electrons. The van der Waals surface area contributed by atoms with Crippen LogP contribution in [0, 0.1) is 6.92 Å². The average molecular weight is 277 g/mol. The molecule has 0 bridgehead atoms. The van der Waals surface area contributed by atoms with Crippen LogP contribution >= 0.6 is 0 Å². The van der Waals surface area contributed by atoms with Gasteiger partial charge in [-0.2, -0.15) is 0 Å². The molecule has 0 aliphatic heterocycles. The van der Waals surface area contributed by atoms with Gasteiger partial charge in [0.25, 0.3) is 0 Å². The fraction of sp³-hybridized carbons (Fsp3) is 0.400. The Morgan fingerprint density at radius 3 is 2.50 bits per heavy atom. The highest BCUT2D eigenvalue weighted by Crippen LogP contribution is 2.21. The van der Waals surface area contributed by atoms with Crippen molar-refractivity contribution < 1.29 is 9.53 Å². The molecule has 110 valence electrons. The molecule has 5 heteroatoms. The fourth-order valence-electron chi connectivity index (χ4n) is 1.59. The summed E-state index contributed by atoms with van der Waals surface area (Å²) in [5.41, 5.74) is 14.1. The Bertz CT molecular complexity index is 517. The van der Waals surface area contributed by atoms with Gasteiger partial charge in [0.1, 0.15) is 5.60 Å². The normalized spacial score (nSPS) is 11.6. The van der Waals surface area contributed by atoms with Crippen LogP contribution in [0.25, 0.3) is 6.08 Å². The van der Waals surface area contributed by atoms with E-state index >= 15 is 0 Å². The van der Waals surface area contributed by atoms with Gasteiger partial charge in [-0.1, -0.05) is 12.2 Å². The molecule has 0 spiro atoms. The molecule has 0 fully saturated rings. The molecule has 0 unspecified atom stereocenters. The van der Waals surface area contributed by atoms with Crippen molar-refractivity contribution in [3.05, 3.63) is 29.3 Å². The summed E-state index contributed by atoms with van der Waals surface area (Å²) in [5, 5.41) is 2.65. The zero-order chi connectivity index (χ0) is 15.3. The number of nitrogens with one attached hydrogen (secondary N) is 1. The van der Waals surface area contributed by atoms with Gasteiger partial charge < -0.3 is 21.5 Å². The second-order valence-corrected chi connectivity index (χ2v) is 5.62. The number of amides is 1. The molecule has 5 nitrogen and oxygen atoms in total. The van der Waals surface area contributed by atoms with Crippen LogP contribution in [0.4, 0.5) is 16.2 Å². The lowest BCUT2D eigenvalue weighted by molar-refractivity contribution is 0.0534. The van der Waals surface area contributed by atoms with Gasteiger partial charge in [0.15, 0.2) is 0 Å². The van der Waals surface area contributed by atoms with E-state index < -0.39 is 11.7 Å². The zero-order valence-electron chi connectivity index (χ0n) is 12.5. The third-order valence-corrected chi connectivity index (χ3v) is 2.53. The van der Waals surface area contributed by atoms with Crippen molar-refractivity contribution in [2.45, 2.75) is 33.3 Å². The van der Waals surface area contributed by atoms with Crippen LogP contribution in [-0.4, -0.2) is 18.2 Å². The van der Waals surface area contributed by atoms with E-state index in [9.17, 15) is 4.79 Å². The number of rotatable bonds is 3. The molecule has 0 heterocycles. The minimum absolute atomic E-state index is 0.388. The molecule has 0 saturated heterocycles. The van der Waals surface area contributed by atoms with Gasteiger partial charge in [-0.15, -0.1) is 0 Å². The first kappa shape index (κ1) is 15.9. The number of carbonyl (C=O) groups is 1. The summed E-state index contributed by atoms with van der Waals surface area (Å²) in [5.74, 6) is 0. The number of hydrogen-bond donors (Lipinski definition) is 3. The second-order valence-electron chi connectivity index (χ2n) is 5.62. The summed E-state index contributed by atoms with van der Waals surface area (Å²) in [6, 6.07) is 3.64. The van der Waals surface area contributed by atoms with Crippen molar-refractivity contribution in [2.75, 3.05) is 18.0 Å². The molecular weight excluding hydrogens is 254 g/mol. The quantitative estimate of drug-likeness (QED) is 0.741. The fourth-order valence-corrected chi connectivity index (χ4v) is 1.59. The minimum Gasteiger partial charge on any atom is -0.444 e. The predicted octanol–water partition coefficient (Wildman–Crippen LogP) is 2.70. The Balaban J connectivity index is 2.54. The highest BCUT2D eigenvalue weighted by molar-refractivity contribution is 5.71. The van der Waals surface area contributed by atoms with Crippen LogP contribution in [0.1, 0.15) is 31.9 Å². The molecule has 0 aromatic heterocycles. The van der Waals surface area contributed by atoms with Gasteiger partial charge >= 0.3 is 6.09 Å². The summed E-state index contributed by atoms with van der Waals surface area (Å²) in [6.45, 7) is 7.81. The average Bonchev–Trinajstić information content (AvgIpc) is 2.28. The molecule has 5 N–H and O–H groups in total. The van der Waals surface area contributed by atoms with E-state index in [1.54, 1.807) is 0 Å². The molecule has 0 saturated carbocycles. The Hall–Kier alpha value is -2.17. The lowest BCUT2D eigenvalue weighted by Crippen LogP contribution is -2.32. The van der Waals surface area contributed by atoms with Crippen molar-refractivity contribution in [1.82, 2.24) is 5.32 Å². The number of alkyl carbamates (subject to hydrolysis) is 1. The van der Waals surface area contributed by atoms with Crippen LogP contribution < -0.4 is 16.8 Å². The van der Waals surface area contributed by atoms with Crippen molar-refractivity contribution in [3.8, 4) is 0 Å². The van der Waals surface area contributed by atoms with Crippen LogP contribution in [-0.2, 0) is 4.74 Å². The van der Waals surface area contributed by atoms with Gasteiger partial charge in [0.2, 0.25) is 0 Å². The first-order chi connectivity index (χ1) is 9.19. The zero-order valence-corrected chi connectivity index (χ0v) is 12.5. The lowest BCUT2D eigenvalue weighted by Gasteiger charge is -2.19. The molecular formula is C15H23N3O2. The van der Waals surface area contributed by atoms with E-state index in [0.717, 1.165) is 11.1 Å². The lowest BCUT2D eigenvalue weighted by atomic mass is 10.1. The number of nitrogen functional groups attached to an aromatic ring is 2. The number of aryl methyl sites for hydroxylation is 1. The first-order valence-corrected chi connectivity index (χ1v) is 6.48. The molecule has 0 aliphatic rings. The van der Waals surface area contributed by atoms with E-state index in [2.05, 4.69) is 5.32 Å². The van der Waals surface area contributed by atoms with E-state index in [4.69, 9.17) is 16.2 Å². The van der Waals surface area contributed by atoms with Crippen LogP contribution in [0.5, 0.6) is 0 Å². The highest BCUT2D eigenvalue weighted by atomic mass is 16.6. The van der Waals surface area contributed by atoms with Gasteiger partial charge in [-0.25, -0.2) is 4.79 Å². The summed E-state index contributed by atoms with van der Waals surface area (Å²) < 4.78 is 5.13. The summed E-state index contributed by atoms with van der Waals surface area (Å²) in [4.78, 5) is 11.4. The summed E-state index contributed by atoms with van der Waals surface area (Å²) >= 11 is 0. The Kier molecular flexibility index (Phi) is 5.02. The number of benzene rings is 1. The monoisotopic (exact) mass is 277 g/mol. The van der Waals surface area contributed by atoms with Crippen LogP contribution in [0.2, 0.25) is 0 Å². The molecule has 0 aliphatic carbocycles.